The van der Waals surface area contributed by atoms with Crippen LogP contribution < -0.4 is 5.32 Å². The Bertz CT molecular complexity index is 1880. The molecule has 11 nitrogen and oxygen atoms in total. The van der Waals surface area contributed by atoms with E-state index in [0.29, 0.717) is 62.5 Å². The van der Waals surface area contributed by atoms with E-state index in [1.165, 1.54) is 7.11 Å². The number of rotatable bonds is 16. The lowest BCUT2D eigenvalue weighted by molar-refractivity contribution is 0.0199. The number of carbonyl (C=O) groups is 3. The maximum Gasteiger partial charge on any atom is 0.410 e. The Hall–Kier alpha value is -3.61. The Labute approximate surface area is 338 Å². The summed E-state index contributed by atoms with van der Waals surface area (Å²) in [6.45, 7) is 13.5. The first-order chi connectivity index (χ1) is 25.6. The highest BCUT2D eigenvalue weighted by Gasteiger charge is 2.24. The minimum absolute atomic E-state index is 0.334. The monoisotopic (exact) mass is 891 g/mol. The first kappa shape index (κ1) is 43.1. The lowest BCUT2D eigenvalue weighted by Gasteiger charge is -2.29. The average molecular weight is 892 g/mol. The second-order valence-corrected chi connectivity index (χ2v) is 17.4. The molecule has 2 amide bonds. The highest BCUT2D eigenvalue weighted by atomic mass is 127. The van der Waals surface area contributed by atoms with Crippen LogP contribution in [0.3, 0.4) is 0 Å². The highest BCUT2D eigenvalue weighted by Crippen LogP contribution is 2.33. The van der Waals surface area contributed by atoms with Crippen LogP contribution in [0.5, 0.6) is 0 Å². The minimum atomic E-state index is -0.653. The highest BCUT2D eigenvalue weighted by molar-refractivity contribution is 14.2. The number of hydrogen-bond donors (Lipinski definition) is 1. The van der Waals surface area contributed by atoms with Crippen molar-refractivity contribution in [2.75, 3.05) is 38.6 Å². The van der Waals surface area contributed by atoms with Crippen LogP contribution in [0.2, 0.25) is 5.02 Å². The second-order valence-electron chi connectivity index (χ2n) is 15.0. The van der Waals surface area contributed by atoms with Crippen LogP contribution in [0, 0.1) is 0 Å². The van der Waals surface area contributed by atoms with E-state index in [9.17, 15) is 14.4 Å². The molecule has 0 aliphatic carbocycles. The predicted octanol–water partition coefficient (Wildman–Crippen LogP) is 10.6. The lowest BCUT2D eigenvalue weighted by Crippen LogP contribution is -2.39. The number of amides is 2. The number of nitrogens with zero attached hydrogens (tertiary/aromatic N) is 4. The third-order valence-corrected chi connectivity index (χ3v) is 10.5. The Morgan fingerprint density at radius 1 is 0.852 bits per heavy atom. The number of hydrogen-bond acceptors (Lipinski definition) is 8. The van der Waals surface area contributed by atoms with Gasteiger partial charge < -0.3 is 29.3 Å². The molecule has 1 atom stereocenters. The maximum absolute atomic E-state index is 13.3. The first-order valence-corrected chi connectivity index (χ1v) is 22.5. The van der Waals surface area contributed by atoms with Crippen LogP contribution >= 0.6 is 40.0 Å². The van der Waals surface area contributed by atoms with Crippen LogP contribution in [-0.2, 0) is 20.8 Å². The van der Waals surface area contributed by atoms with Gasteiger partial charge in [0.25, 0.3) is 0 Å². The summed E-state index contributed by atoms with van der Waals surface area (Å²) in [5.41, 5.74) is 3.68. The smallest absolute Gasteiger partial charge is 0.410 e. The molecular formula is C40H52ClIN5O6P. The Kier molecular flexibility index (Phi) is 15.8. The second kappa shape index (κ2) is 19.8. The van der Waals surface area contributed by atoms with Crippen molar-refractivity contribution < 1.29 is 28.6 Å². The number of methoxy groups -OCH3 is 1. The van der Waals surface area contributed by atoms with Gasteiger partial charge in [-0.25, -0.2) is 18.8 Å². The molecule has 0 aliphatic heterocycles. The van der Waals surface area contributed by atoms with Crippen LogP contribution in [0.25, 0.3) is 22.0 Å². The van der Waals surface area contributed by atoms with Crippen LogP contribution in [-0.4, -0.2) is 82.0 Å². The van der Waals surface area contributed by atoms with Crippen molar-refractivity contribution >= 4 is 74.8 Å². The molecule has 4 aromatic rings. The van der Waals surface area contributed by atoms with Crippen molar-refractivity contribution in [1.29, 1.82) is 0 Å². The maximum atomic E-state index is 13.3. The van der Waals surface area contributed by atoms with Gasteiger partial charge in [-0.15, -0.1) is 0 Å². The van der Waals surface area contributed by atoms with Crippen LogP contribution in [0.1, 0.15) is 83.1 Å². The molecule has 14 heteroatoms. The zero-order valence-corrected chi connectivity index (χ0v) is 36.1. The molecule has 4 rings (SSSR count). The third kappa shape index (κ3) is 13.0. The van der Waals surface area contributed by atoms with Gasteiger partial charge in [-0.05, 0) is 119 Å². The van der Waals surface area contributed by atoms with Crippen molar-refractivity contribution in [1.82, 2.24) is 19.4 Å². The third-order valence-electron chi connectivity index (χ3n) is 8.26. The Morgan fingerprint density at radius 3 is 2.06 bits per heavy atom. The van der Waals surface area contributed by atoms with Gasteiger partial charge in [0.05, 0.1) is 30.8 Å². The van der Waals surface area contributed by atoms with E-state index in [2.05, 4.69) is 32.5 Å². The minimum Gasteiger partial charge on any atom is -0.465 e. The van der Waals surface area contributed by atoms with E-state index in [0.717, 1.165) is 46.1 Å². The van der Waals surface area contributed by atoms with Crippen molar-refractivity contribution in [3.8, 4) is 11.1 Å². The number of benzene rings is 3. The summed E-state index contributed by atoms with van der Waals surface area (Å²) >= 11 is 8.97. The largest absolute Gasteiger partial charge is 0.465 e. The van der Waals surface area contributed by atoms with Gasteiger partial charge in [-0.2, -0.15) is 5.10 Å². The summed E-state index contributed by atoms with van der Waals surface area (Å²) in [6, 6.07) is 19.4. The number of nitrogens with one attached hydrogen (secondary N) is 1. The number of carbonyl (C=O) groups excluding carboxylic acids is 3. The average Bonchev–Trinajstić information content (AvgIpc) is 3.53. The van der Waals surface area contributed by atoms with Gasteiger partial charge >= 0.3 is 18.2 Å². The zero-order chi connectivity index (χ0) is 39.5. The van der Waals surface area contributed by atoms with Crippen molar-refractivity contribution in [2.24, 2.45) is 0 Å². The lowest BCUT2D eigenvalue weighted by atomic mass is 10.0. The van der Waals surface area contributed by atoms with E-state index in [-0.39, 0.29) is 6.09 Å². The fraction of sp³-hybridized carbons (Fsp3) is 0.450. The Balaban J connectivity index is 1.37. The van der Waals surface area contributed by atoms with Gasteiger partial charge in [0.2, 0.25) is 0 Å². The number of ether oxygens (including phenoxy) is 3. The van der Waals surface area contributed by atoms with Gasteiger partial charge in [-0.1, -0.05) is 54.1 Å². The summed E-state index contributed by atoms with van der Waals surface area (Å²) in [5.74, 6) is -0.409. The van der Waals surface area contributed by atoms with E-state index >= 15 is 0 Å². The molecule has 1 heterocycles. The molecule has 0 spiro atoms. The molecule has 0 fully saturated rings. The van der Waals surface area contributed by atoms with E-state index in [4.69, 9.17) is 25.8 Å². The van der Waals surface area contributed by atoms with Crippen LogP contribution in [0.15, 0.2) is 66.9 Å². The standard InChI is InChI=1S/C40H52ClIN5O6P/c1-39(2,3)52-37(49)45(20-12-11-19-43-34-24-30(36(48)51-7)25-35-32(34)26-44-47(35)54-42)21-13-14-22-46(38(50)53-40(4,5)6)27-28-17-18-31(33(41)23-28)29-15-9-8-10-16-29/h8-10,15-18,23-26,43,54H,11-14,19-22,27H2,1-7H3. The summed E-state index contributed by atoms with van der Waals surface area (Å²) in [7, 11) is 1.37. The fourth-order valence-corrected chi connectivity index (χ4v) is 7.59. The normalized spacial score (nSPS) is 11.9. The van der Waals surface area contributed by atoms with E-state index in [1.54, 1.807) is 28.1 Å². The number of aromatic nitrogens is 2. The fourth-order valence-electron chi connectivity index (χ4n) is 5.74. The van der Waals surface area contributed by atoms with Gasteiger partial charge in [-0.3, -0.25) is 0 Å². The number of unbranched alkanes of at least 4 members (excludes halogenated alkanes) is 2. The molecule has 0 bridgehead atoms. The molecular weight excluding hydrogens is 840 g/mol. The molecule has 1 N–H and O–H groups in total. The zero-order valence-electron chi connectivity index (χ0n) is 32.2. The molecule has 292 valence electrons. The van der Waals surface area contributed by atoms with E-state index < -0.39 is 23.3 Å². The van der Waals surface area contributed by atoms with Crippen molar-refractivity contribution in [3.63, 3.8) is 0 Å². The molecule has 54 heavy (non-hydrogen) atoms. The molecule has 3 aromatic carbocycles. The number of fused-ring (bicyclic) bond motifs is 1. The topological polar surface area (TPSA) is 115 Å². The molecule has 0 saturated heterocycles. The van der Waals surface area contributed by atoms with Crippen LogP contribution in [0.4, 0.5) is 15.3 Å². The molecule has 1 unspecified atom stereocenters. The van der Waals surface area contributed by atoms with Crippen molar-refractivity contribution in [3.05, 3.63) is 83.0 Å². The summed E-state index contributed by atoms with van der Waals surface area (Å²) in [4.78, 5) is 42.4. The Morgan fingerprint density at radius 2 is 1.46 bits per heavy atom. The summed E-state index contributed by atoms with van der Waals surface area (Å²) in [6.07, 6.45) is 4.21. The summed E-state index contributed by atoms with van der Waals surface area (Å²) in [5, 5.41) is 9.46. The van der Waals surface area contributed by atoms with E-state index in [1.807, 2.05) is 94.5 Å². The SMILES string of the molecule is COC(=O)c1cc(NCCCCN(CCCCN(Cc2ccc(-c3ccccc3)c(Cl)c2)C(=O)OC(C)(C)C)C(=O)OC(C)(C)C)c2cnn(PI)c2c1. The quantitative estimate of drug-likeness (QED) is 0.0389. The number of halogens is 2. The number of anilines is 1. The first-order valence-electron chi connectivity index (χ1n) is 18.1. The molecule has 0 radical (unpaired) electrons. The van der Waals surface area contributed by atoms with Gasteiger partial charge in [0.1, 0.15) is 11.2 Å². The summed E-state index contributed by atoms with van der Waals surface area (Å²) < 4.78 is 18.4. The van der Waals surface area contributed by atoms with Gasteiger partial charge in [0.15, 0.2) is 0 Å². The number of esters is 1. The predicted molar refractivity (Wildman–Crippen MR) is 227 cm³/mol. The molecule has 0 aliphatic rings. The molecule has 1 aromatic heterocycles. The van der Waals surface area contributed by atoms with Crippen molar-refractivity contribution in [2.45, 2.75) is 85.0 Å². The van der Waals surface area contributed by atoms with Gasteiger partial charge in [0, 0.05) is 54.4 Å². The molecule has 0 saturated carbocycles.